The van der Waals surface area contributed by atoms with Gasteiger partial charge in [-0.25, -0.2) is 8.78 Å². The molecule has 0 heterocycles. The zero-order valence-corrected chi connectivity index (χ0v) is 10.8. The normalized spacial score (nSPS) is 10.3. The van der Waals surface area contributed by atoms with Crippen LogP contribution in [-0.4, -0.2) is 11.0 Å². The van der Waals surface area contributed by atoms with E-state index in [1.54, 1.807) is 13.0 Å². The van der Waals surface area contributed by atoms with Crippen LogP contribution in [0, 0.1) is 18.6 Å². The highest BCUT2D eigenvalue weighted by atomic mass is 19.2. The summed E-state index contributed by atoms with van der Waals surface area (Å²) in [6.07, 6.45) is -0.0580. The number of halogens is 2. The number of hydrogen-bond acceptors (Lipinski definition) is 2. The fourth-order valence-electron chi connectivity index (χ4n) is 1.82. The molecule has 0 atom stereocenters. The first-order valence-corrected chi connectivity index (χ1v) is 5.99. The molecule has 0 saturated heterocycles. The molecule has 0 bridgehead atoms. The van der Waals surface area contributed by atoms with Gasteiger partial charge in [0, 0.05) is 5.69 Å². The fourth-order valence-corrected chi connectivity index (χ4v) is 1.82. The number of phenolic OH excluding ortho intramolecular Hbond substituents is 1. The Morgan fingerprint density at radius 3 is 2.55 bits per heavy atom. The van der Waals surface area contributed by atoms with Gasteiger partial charge in [-0.2, -0.15) is 0 Å². The molecule has 0 unspecified atom stereocenters. The Kier molecular flexibility index (Phi) is 3.98. The van der Waals surface area contributed by atoms with Crippen molar-refractivity contribution >= 4 is 11.6 Å². The predicted molar refractivity (Wildman–Crippen MR) is 71.5 cm³/mol. The summed E-state index contributed by atoms with van der Waals surface area (Å²) in [5, 5.41) is 11.9. The molecule has 2 rings (SSSR count). The van der Waals surface area contributed by atoms with Crippen molar-refractivity contribution in [1.29, 1.82) is 0 Å². The Hall–Kier alpha value is -2.43. The summed E-state index contributed by atoms with van der Waals surface area (Å²) in [5.41, 5.74) is 1.66. The van der Waals surface area contributed by atoms with E-state index in [0.717, 1.165) is 12.1 Å². The van der Waals surface area contributed by atoms with E-state index >= 15 is 0 Å². The van der Waals surface area contributed by atoms with Crippen LogP contribution in [0.4, 0.5) is 14.5 Å². The lowest BCUT2D eigenvalue weighted by Gasteiger charge is -2.09. The molecule has 20 heavy (non-hydrogen) atoms. The Morgan fingerprint density at radius 2 is 1.90 bits per heavy atom. The van der Waals surface area contributed by atoms with E-state index in [9.17, 15) is 18.7 Å². The topological polar surface area (TPSA) is 49.3 Å². The molecule has 2 aromatic carbocycles. The lowest BCUT2D eigenvalue weighted by atomic mass is 10.1. The van der Waals surface area contributed by atoms with Crippen LogP contribution in [0.25, 0.3) is 0 Å². The third kappa shape index (κ3) is 3.32. The van der Waals surface area contributed by atoms with Crippen molar-refractivity contribution in [2.45, 2.75) is 13.3 Å². The lowest BCUT2D eigenvalue weighted by Crippen LogP contribution is -2.15. The Morgan fingerprint density at radius 1 is 1.15 bits per heavy atom. The number of carbonyl (C=O) groups excluding carboxylic acids is 1. The summed E-state index contributed by atoms with van der Waals surface area (Å²) in [6.45, 7) is 1.74. The van der Waals surface area contributed by atoms with Crippen LogP contribution >= 0.6 is 0 Å². The number of aromatic hydroxyl groups is 1. The van der Waals surface area contributed by atoms with Crippen LogP contribution in [0.15, 0.2) is 36.4 Å². The van der Waals surface area contributed by atoms with Crippen LogP contribution in [0.5, 0.6) is 5.75 Å². The van der Waals surface area contributed by atoms with Crippen molar-refractivity contribution in [3.63, 3.8) is 0 Å². The quantitative estimate of drug-likeness (QED) is 0.847. The van der Waals surface area contributed by atoms with Crippen LogP contribution in [0.1, 0.15) is 11.1 Å². The number of carbonyl (C=O) groups is 1. The number of rotatable bonds is 3. The van der Waals surface area contributed by atoms with E-state index in [1.165, 1.54) is 18.2 Å². The molecule has 1 amide bonds. The molecule has 2 N–H and O–H groups in total. The third-order valence-electron chi connectivity index (χ3n) is 2.83. The molecule has 0 aliphatic carbocycles. The van der Waals surface area contributed by atoms with E-state index in [1.807, 2.05) is 0 Å². The van der Waals surface area contributed by atoms with Gasteiger partial charge < -0.3 is 10.4 Å². The van der Waals surface area contributed by atoms with Crippen molar-refractivity contribution in [2.75, 3.05) is 5.32 Å². The molecule has 0 aliphatic rings. The molecule has 0 saturated carbocycles. The molecule has 3 nitrogen and oxygen atoms in total. The summed E-state index contributed by atoms with van der Waals surface area (Å²) < 4.78 is 25.8. The lowest BCUT2D eigenvalue weighted by molar-refractivity contribution is -0.115. The van der Waals surface area contributed by atoms with Crippen LogP contribution in [0.2, 0.25) is 0 Å². The SMILES string of the molecule is Cc1cc(O)ccc1NC(=O)Cc1ccc(F)c(F)c1. The van der Waals surface area contributed by atoms with Crippen LogP contribution in [-0.2, 0) is 11.2 Å². The molecule has 5 heteroatoms. The first-order chi connectivity index (χ1) is 9.45. The summed E-state index contributed by atoms with van der Waals surface area (Å²) in [4.78, 5) is 11.8. The first-order valence-electron chi connectivity index (χ1n) is 5.99. The second-order valence-electron chi connectivity index (χ2n) is 4.47. The summed E-state index contributed by atoms with van der Waals surface area (Å²) >= 11 is 0. The van der Waals surface area contributed by atoms with Crippen LogP contribution < -0.4 is 5.32 Å². The Balaban J connectivity index is 2.07. The minimum Gasteiger partial charge on any atom is -0.508 e. The van der Waals surface area contributed by atoms with Gasteiger partial charge in [-0.3, -0.25) is 4.79 Å². The van der Waals surface area contributed by atoms with Gasteiger partial charge in [0.1, 0.15) is 5.75 Å². The summed E-state index contributed by atoms with van der Waals surface area (Å²) in [6, 6.07) is 7.91. The van der Waals surface area contributed by atoms with E-state index in [2.05, 4.69) is 5.32 Å². The molecule has 0 aromatic heterocycles. The van der Waals surface area contributed by atoms with Gasteiger partial charge in [0.15, 0.2) is 11.6 Å². The minimum atomic E-state index is -0.976. The van der Waals surface area contributed by atoms with Gasteiger partial charge in [0.25, 0.3) is 0 Å². The largest absolute Gasteiger partial charge is 0.508 e. The smallest absolute Gasteiger partial charge is 0.228 e. The molecule has 0 aliphatic heterocycles. The average Bonchev–Trinajstić information content (AvgIpc) is 2.37. The highest BCUT2D eigenvalue weighted by Gasteiger charge is 2.09. The molecule has 104 valence electrons. The second-order valence-corrected chi connectivity index (χ2v) is 4.47. The van der Waals surface area contributed by atoms with Gasteiger partial charge >= 0.3 is 0 Å². The maximum Gasteiger partial charge on any atom is 0.228 e. The Bertz CT molecular complexity index is 656. The number of aryl methyl sites for hydroxylation is 1. The van der Waals surface area contributed by atoms with Gasteiger partial charge in [-0.1, -0.05) is 6.07 Å². The fraction of sp³-hybridized carbons (Fsp3) is 0.133. The average molecular weight is 277 g/mol. The predicted octanol–water partition coefficient (Wildman–Crippen LogP) is 3.16. The van der Waals surface area contributed by atoms with Crippen molar-refractivity contribution in [3.05, 3.63) is 59.2 Å². The van der Waals surface area contributed by atoms with Gasteiger partial charge in [-0.15, -0.1) is 0 Å². The first kappa shape index (κ1) is 14.0. The molecule has 0 fully saturated rings. The second kappa shape index (κ2) is 5.69. The van der Waals surface area contributed by atoms with Crippen molar-refractivity contribution in [3.8, 4) is 5.75 Å². The number of benzene rings is 2. The summed E-state index contributed by atoms with van der Waals surface area (Å²) in [5.74, 6) is -2.15. The maximum atomic E-state index is 13.0. The van der Waals surface area contributed by atoms with Gasteiger partial charge in [0.2, 0.25) is 5.91 Å². The molecular weight excluding hydrogens is 264 g/mol. The number of hydrogen-bond donors (Lipinski definition) is 2. The van der Waals surface area contributed by atoms with Crippen molar-refractivity contribution < 1.29 is 18.7 Å². The van der Waals surface area contributed by atoms with Crippen LogP contribution in [0.3, 0.4) is 0 Å². The third-order valence-corrected chi connectivity index (χ3v) is 2.83. The highest BCUT2D eigenvalue weighted by molar-refractivity contribution is 5.93. The molecule has 2 aromatic rings. The number of amides is 1. The molecular formula is C15H13F2NO2. The van der Waals surface area contributed by atoms with Crippen molar-refractivity contribution in [2.24, 2.45) is 0 Å². The molecule has 0 radical (unpaired) electrons. The number of anilines is 1. The van der Waals surface area contributed by atoms with E-state index in [-0.39, 0.29) is 18.1 Å². The summed E-state index contributed by atoms with van der Waals surface area (Å²) in [7, 11) is 0. The van der Waals surface area contributed by atoms with E-state index in [4.69, 9.17) is 0 Å². The molecule has 0 spiro atoms. The highest BCUT2D eigenvalue weighted by Crippen LogP contribution is 2.20. The minimum absolute atomic E-state index is 0.0580. The van der Waals surface area contributed by atoms with Gasteiger partial charge in [-0.05, 0) is 48.4 Å². The maximum absolute atomic E-state index is 13.0. The van der Waals surface area contributed by atoms with Gasteiger partial charge in [0.05, 0.1) is 6.42 Å². The Labute approximate surface area is 114 Å². The standard InChI is InChI=1S/C15H13F2NO2/c1-9-6-11(19)3-5-14(9)18-15(20)8-10-2-4-12(16)13(17)7-10/h2-7,19H,8H2,1H3,(H,18,20). The van der Waals surface area contributed by atoms with E-state index < -0.39 is 11.6 Å². The van der Waals surface area contributed by atoms with E-state index in [0.29, 0.717) is 16.8 Å². The van der Waals surface area contributed by atoms with Crippen molar-refractivity contribution in [1.82, 2.24) is 0 Å². The zero-order chi connectivity index (χ0) is 14.7. The zero-order valence-electron chi connectivity index (χ0n) is 10.8. The number of phenols is 1. The number of nitrogens with one attached hydrogen (secondary N) is 1. The monoisotopic (exact) mass is 277 g/mol.